The zero-order valence-corrected chi connectivity index (χ0v) is 13.0. The molecule has 0 saturated carbocycles. The molecule has 0 aliphatic carbocycles. The smallest absolute Gasteiger partial charge is 0.225 e. The minimum atomic E-state index is 0.755. The molecule has 1 aromatic carbocycles. The molecule has 1 unspecified atom stereocenters. The highest BCUT2D eigenvalue weighted by Gasteiger charge is 2.24. The summed E-state index contributed by atoms with van der Waals surface area (Å²) in [6.07, 6.45) is 3.60. The lowest BCUT2D eigenvalue weighted by molar-refractivity contribution is 0.569. The fourth-order valence-corrected chi connectivity index (χ4v) is 2.98. The number of aromatic nitrogens is 2. The molecule has 0 spiro atoms. The van der Waals surface area contributed by atoms with E-state index >= 15 is 0 Å². The van der Waals surface area contributed by atoms with Gasteiger partial charge in [-0.2, -0.15) is 4.98 Å². The van der Waals surface area contributed by atoms with Crippen LogP contribution in [0.3, 0.4) is 0 Å². The van der Waals surface area contributed by atoms with Crippen molar-refractivity contribution in [2.45, 2.75) is 33.1 Å². The van der Waals surface area contributed by atoms with Gasteiger partial charge in [0, 0.05) is 25.0 Å². The van der Waals surface area contributed by atoms with Gasteiger partial charge in [-0.1, -0.05) is 32.4 Å². The molecule has 2 aromatic rings. The fraction of sp³-hybridized carbons (Fsp3) is 0.529. The predicted octanol–water partition coefficient (Wildman–Crippen LogP) is 3.69. The van der Waals surface area contributed by atoms with Gasteiger partial charge >= 0.3 is 0 Å². The summed E-state index contributed by atoms with van der Waals surface area (Å²) in [5, 5.41) is 4.49. The fourth-order valence-electron chi connectivity index (χ4n) is 2.98. The molecule has 0 radical (unpaired) electrons. The highest BCUT2D eigenvalue weighted by molar-refractivity contribution is 5.90. The van der Waals surface area contributed by atoms with Crippen LogP contribution in [0.25, 0.3) is 10.9 Å². The maximum absolute atomic E-state index is 4.79. The van der Waals surface area contributed by atoms with Gasteiger partial charge < -0.3 is 10.2 Å². The number of nitrogens with one attached hydrogen (secondary N) is 1. The van der Waals surface area contributed by atoms with Crippen LogP contribution < -0.4 is 10.2 Å². The first kappa shape index (κ1) is 14.1. The molecular weight excluding hydrogens is 260 g/mol. The molecule has 1 saturated heterocycles. The Morgan fingerprint density at radius 3 is 2.86 bits per heavy atom. The number of fused-ring (bicyclic) bond motifs is 1. The van der Waals surface area contributed by atoms with Crippen LogP contribution in [-0.2, 0) is 0 Å². The van der Waals surface area contributed by atoms with Crippen LogP contribution in [-0.4, -0.2) is 29.6 Å². The molecule has 4 heteroatoms. The van der Waals surface area contributed by atoms with Crippen molar-refractivity contribution >= 4 is 22.7 Å². The van der Waals surface area contributed by atoms with Crippen molar-refractivity contribution in [2.24, 2.45) is 5.92 Å². The second-order valence-electron chi connectivity index (χ2n) is 5.82. The van der Waals surface area contributed by atoms with Gasteiger partial charge in [0.15, 0.2) is 0 Å². The quantitative estimate of drug-likeness (QED) is 0.909. The highest BCUT2D eigenvalue weighted by atomic mass is 15.2. The zero-order chi connectivity index (χ0) is 14.7. The van der Waals surface area contributed by atoms with Crippen LogP contribution in [0.15, 0.2) is 24.3 Å². The van der Waals surface area contributed by atoms with Crippen molar-refractivity contribution in [2.75, 3.05) is 29.9 Å². The van der Waals surface area contributed by atoms with E-state index in [0.29, 0.717) is 0 Å². The Morgan fingerprint density at radius 1 is 1.24 bits per heavy atom. The van der Waals surface area contributed by atoms with Crippen molar-refractivity contribution < 1.29 is 0 Å². The Balaban J connectivity index is 1.98. The van der Waals surface area contributed by atoms with Crippen LogP contribution >= 0.6 is 0 Å². The average Bonchev–Trinajstić information content (AvgIpc) is 3.01. The standard InChI is InChI=1S/C17H24N4/c1-3-10-18-17-19-15-8-6-5-7-14(15)16(20-17)21-11-9-13(4-2)12-21/h5-8,13H,3-4,9-12H2,1-2H3,(H,18,19,20). The largest absolute Gasteiger partial charge is 0.356 e. The van der Waals surface area contributed by atoms with Gasteiger partial charge in [0.25, 0.3) is 0 Å². The van der Waals surface area contributed by atoms with Crippen molar-refractivity contribution in [1.82, 2.24) is 9.97 Å². The van der Waals surface area contributed by atoms with Crippen LogP contribution in [0.2, 0.25) is 0 Å². The second kappa shape index (κ2) is 6.29. The van der Waals surface area contributed by atoms with Crippen molar-refractivity contribution in [1.29, 1.82) is 0 Å². The summed E-state index contributed by atoms with van der Waals surface area (Å²) >= 11 is 0. The first-order valence-electron chi connectivity index (χ1n) is 8.07. The number of anilines is 2. The molecule has 112 valence electrons. The van der Waals surface area contributed by atoms with Gasteiger partial charge in [0.2, 0.25) is 5.95 Å². The number of rotatable bonds is 5. The van der Waals surface area contributed by atoms with Crippen molar-refractivity contribution in [3.8, 4) is 0 Å². The van der Waals surface area contributed by atoms with Crippen molar-refractivity contribution in [3.63, 3.8) is 0 Å². The molecule has 2 heterocycles. The predicted molar refractivity (Wildman–Crippen MR) is 88.9 cm³/mol. The van der Waals surface area contributed by atoms with E-state index in [-0.39, 0.29) is 0 Å². The van der Waals surface area contributed by atoms with E-state index in [0.717, 1.165) is 54.6 Å². The lowest BCUT2D eigenvalue weighted by Crippen LogP contribution is -2.22. The Bertz CT molecular complexity index is 611. The molecule has 1 atom stereocenters. The lowest BCUT2D eigenvalue weighted by Gasteiger charge is -2.20. The molecule has 4 nitrogen and oxygen atoms in total. The maximum atomic E-state index is 4.79. The first-order chi connectivity index (χ1) is 10.3. The Morgan fingerprint density at radius 2 is 2.10 bits per heavy atom. The van der Waals surface area contributed by atoms with E-state index in [2.05, 4.69) is 47.2 Å². The summed E-state index contributed by atoms with van der Waals surface area (Å²) in [5.41, 5.74) is 1.03. The molecule has 3 rings (SSSR count). The Labute approximate surface area is 126 Å². The molecular formula is C17H24N4. The molecule has 1 fully saturated rings. The number of benzene rings is 1. The molecule has 0 bridgehead atoms. The third kappa shape index (κ3) is 2.94. The second-order valence-corrected chi connectivity index (χ2v) is 5.82. The Kier molecular flexibility index (Phi) is 4.23. The number of hydrogen-bond acceptors (Lipinski definition) is 4. The number of para-hydroxylation sites is 1. The van der Waals surface area contributed by atoms with E-state index in [1.807, 2.05) is 6.07 Å². The molecule has 1 aliphatic heterocycles. The monoisotopic (exact) mass is 284 g/mol. The van der Waals surface area contributed by atoms with E-state index in [4.69, 9.17) is 4.98 Å². The van der Waals surface area contributed by atoms with Gasteiger partial charge in [-0.25, -0.2) is 4.98 Å². The summed E-state index contributed by atoms with van der Waals surface area (Å²) in [7, 11) is 0. The van der Waals surface area contributed by atoms with E-state index < -0.39 is 0 Å². The molecule has 1 aromatic heterocycles. The van der Waals surface area contributed by atoms with Crippen molar-refractivity contribution in [3.05, 3.63) is 24.3 Å². The first-order valence-corrected chi connectivity index (χ1v) is 8.07. The summed E-state index contributed by atoms with van der Waals surface area (Å²) in [6.45, 7) is 7.56. The summed E-state index contributed by atoms with van der Waals surface area (Å²) in [4.78, 5) is 11.9. The summed E-state index contributed by atoms with van der Waals surface area (Å²) in [6, 6.07) is 8.32. The van der Waals surface area contributed by atoms with Gasteiger partial charge in [-0.15, -0.1) is 0 Å². The average molecular weight is 284 g/mol. The third-order valence-corrected chi connectivity index (χ3v) is 4.28. The molecule has 21 heavy (non-hydrogen) atoms. The van der Waals surface area contributed by atoms with Gasteiger partial charge in [-0.3, -0.25) is 0 Å². The normalized spacial score (nSPS) is 18.4. The molecule has 0 amide bonds. The third-order valence-electron chi connectivity index (χ3n) is 4.28. The van der Waals surface area contributed by atoms with Crippen LogP contribution in [0.1, 0.15) is 33.1 Å². The zero-order valence-electron chi connectivity index (χ0n) is 13.0. The van der Waals surface area contributed by atoms with E-state index in [1.165, 1.54) is 12.8 Å². The lowest BCUT2D eigenvalue weighted by atomic mass is 10.1. The van der Waals surface area contributed by atoms with Gasteiger partial charge in [-0.05, 0) is 30.9 Å². The minimum absolute atomic E-state index is 0.755. The number of hydrogen-bond donors (Lipinski definition) is 1. The minimum Gasteiger partial charge on any atom is -0.356 e. The van der Waals surface area contributed by atoms with E-state index in [9.17, 15) is 0 Å². The van der Waals surface area contributed by atoms with Crippen LogP contribution in [0, 0.1) is 5.92 Å². The van der Waals surface area contributed by atoms with Gasteiger partial charge in [0.1, 0.15) is 5.82 Å². The topological polar surface area (TPSA) is 41.1 Å². The number of nitrogens with zero attached hydrogens (tertiary/aromatic N) is 3. The summed E-state index contributed by atoms with van der Waals surface area (Å²) in [5.74, 6) is 2.64. The maximum Gasteiger partial charge on any atom is 0.225 e. The molecule has 1 N–H and O–H groups in total. The SMILES string of the molecule is CCCNc1nc(N2CCC(CC)C2)c2ccccc2n1. The van der Waals surface area contributed by atoms with Crippen LogP contribution in [0.5, 0.6) is 0 Å². The van der Waals surface area contributed by atoms with E-state index in [1.54, 1.807) is 0 Å². The highest BCUT2D eigenvalue weighted by Crippen LogP contribution is 2.30. The Hall–Kier alpha value is -1.84. The van der Waals surface area contributed by atoms with Crippen LogP contribution in [0.4, 0.5) is 11.8 Å². The van der Waals surface area contributed by atoms with Gasteiger partial charge in [0.05, 0.1) is 5.52 Å². The summed E-state index contributed by atoms with van der Waals surface area (Å²) < 4.78 is 0. The molecule has 1 aliphatic rings.